The molecule has 0 aromatic heterocycles. The van der Waals surface area contributed by atoms with Gasteiger partial charge in [0.05, 0.1) is 0 Å². The Hall–Kier alpha value is -1.05. The largest absolute Gasteiger partial charge is 0.374 e. The van der Waals surface area contributed by atoms with Gasteiger partial charge in [0.15, 0.2) is 0 Å². The Labute approximate surface area is 80.4 Å². The number of nitrogens with one attached hydrogen (secondary N) is 1. The van der Waals surface area contributed by atoms with E-state index in [9.17, 15) is 0 Å². The number of nitrogens with zero attached hydrogens (tertiary/aromatic N) is 1. The van der Waals surface area contributed by atoms with Gasteiger partial charge in [-0.25, -0.2) is 0 Å². The van der Waals surface area contributed by atoms with E-state index in [-0.39, 0.29) is 0 Å². The van der Waals surface area contributed by atoms with Crippen LogP contribution in [-0.4, -0.2) is 24.7 Å². The summed E-state index contributed by atoms with van der Waals surface area (Å²) in [4.78, 5) is 2.25. The molecule has 0 saturated heterocycles. The predicted octanol–water partition coefficient (Wildman–Crippen LogP) is 2.58. The van der Waals surface area contributed by atoms with E-state index in [0.29, 0.717) is 0 Å². The standard InChI is InChI=1S/C11H18N2/c1-4-9(2)11-10(8-12)6-5-7-13(11)3/h4,8,12H,5-7H2,1-3H3/b9-4-,12-8?. The Morgan fingerprint density at radius 3 is 2.77 bits per heavy atom. The Morgan fingerprint density at radius 2 is 2.23 bits per heavy atom. The maximum Gasteiger partial charge on any atom is 0.0437 e. The molecule has 2 heteroatoms. The van der Waals surface area contributed by atoms with Crippen LogP contribution in [0.25, 0.3) is 0 Å². The fraction of sp³-hybridized carbons (Fsp3) is 0.545. The zero-order chi connectivity index (χ0) is 9.84. The molecule has 1 rings (SSSR count). The molecule has 0 fully saturated rings. The van der Waals surface area contributed by atoms with Gasteiger partial charge in [-0.05, 0) is 37.8 Å². The number of rotatable bonds is 2. The summed E-state index contributed by atoms with van der Waals surface area (Å²) in [5, 5.41) is 7.35. The minimum atomic E-state index is 1.05. The third-order valence-electron chi connectivity index (χ3n) is 2.61. The van der Waals surface area contributed by atoms with E-state index in [0.717, 1.165) is 13.0 Å². The topological polar surface area (TPSA) is 27.1 Å². The lowest BCUT2D eigenvalue weighted by atomic mass is 9.99. The van der Waals surface area contributed by atoms with Gasteiger partial charge in [0.2, 0.25) is 0 Å². The van der Waals surface area contributed by atoms with Crippen molar-refractivity contribution in [2.24, 2.45) is 0 Å². The minimum Gasteiger partial charge on any atom is -0.374 e. The van der Waals surface area contributed by atoms with Crippen LogP contribution < -0.4 is 0 Å². The lowest BCUT2D eigenvalue weighted by Crippen LogP contribution is -2.25. The normalized spacial score (nSPS) is 19.3. The molecular formula is C11H18N2. The molecular weight excluding hydrogens is 160 g/mol. The zero-order valence-electron chi connectivity index (χ0n) is 8.72. The minimum absolute atomic E-state index is 1.05. The molecule has 13 heavy (non-hydrogen) atoms. The molecule has 0 aliphatic carbocycles. The highest BCUT2D eigenvalue weighted by atomic mass is 15.1. The van der Waals surface area contributed by atoms with Crippen LogP contribution in [0.2, 0.25) is 0 Å². The molecule has 72 valence electrons. The van der Waals surface area contributed by atoms with Gasteiger partial charge in [0.25, 0.3) is 0 Å². The Kier molecular flexibility index (Phi) is 3.29. The third kappa shape index (κ3) is 2.00. The SMILES string of the molecule is C/C=C(/C)C1=C(C=N)CCCN1C. The Bertz CT molecular complexity index is 261. The fourth-order valence-corrected chi connectivity index (χ4v) is 1.81. The summed E-state index contributed by atoms with van der Waals surface area (Å²) < 4.78 is 0. The smallest absolute Gasteiger partial charge is 0.0437 e. The molecule has 0 aromatic rings. The van der Waals surface area contributed by atoms with Gasteiger partial charge in [-0.1, -0.05) is 6.08 Å². The first-order chi connectivity index (χ1) is 6.20. The molecule has 0 amide bonds. The van der Waals surface area contributed by atoms with E-state index >= 15 is 0 Å². The molecule has 0 radical (unpaired) electrons. The molecule has 0 saturated carbocycles. The van der Waals surface area contributed by atoms with Gasteiger partial charge in [-0.3, -0.25) is 0 Å². The molecule has 0 atom stereocenters. The first-order valence-electron chi connectivity index (χ1n) is 4.78. The van der Waals surface area contributed by atoms with Crippen LogP contribution in [0.5, 0.6) is 0 Å². The van der Waals surface area contributed by atoms with Gasteiger partial charge in [0.1, 0.15) is 0 Å². The van der Waals surface area contributed by atoms with Crippen LogP contribution in [-0.2, 0) is 0 Å². The number of hydrogen-bond acceptors (Lipinski definition) is 2. The molecule has 1 N–H and O–H groups in total. The van der Waals surface area contributed by atoms with Gasteiger partial charge in [0, 0.05) is 25.5 Å². The summed E-state index contributed by atoms with van der Waals surface area (Å²) in [6.07, 6.45) is 5.83. The second-order valence-corrected chi connectivity index (χ2v) is 3.51. The van der Waals surface area contributed by atoms with Crippen molar-refractivity contribution in [1.29, 1.82) is 5.41 Å². The summed E-state index contributed by atoms with van der Waals surface area (Å²) in [7, 11) is 2.10. The average molecular weight is 178 g/mol. The van der Waals surface area contributed by atoms with Crippen molar-refractivity contribution < 1.29 is 0 Å². The van der Waals surface area contributed by atoms with Crippen molar-refractivity contribution in [2.45, 2.75) is 26.7 Å². The summed E-state index contributed by atoms with van der Waals surface area (Å²) >= 11 is 0. The number of allylic oxidation sites excluding steroid dienone is 3. The van der Waals surface area contributed by atoms with Crippen LogP contribution in [0.3, 0.4) is 0 Å². The number of hydrogen-bond donors (Lipinski definition) is 1. The maximum atomic E-state index is 7.35. The van der Waals surface area contributed by atoms with Crippen LogP contribution in [0.4, 0.5) is 0 Å². The molecule has 2 nitrogen and oxygen atoms in total. The monoisotopic (exact) mass is 178 g/mol. The van der Waals surface area contributed by atoms with Gasteiger partial charge in [-0.15, -0.1) is 0 Å². The van der Waals surface area contributed by atoms with Gasteiger partial charge in [-0.2, -0.15) is 0 Å². The highest BCUT2D eigenvalue weighted by molar-refractivity contribution is 5.78. The Morgan fingerprint density at radius 1 is 1.54 bits per heavy atom. The molecule has 0 spiro atoms. The van der Waals surface area contributed by atoms with Gasteiger partial charge < -0.3 is 10.3 Å². The first kappa shape index (κ1) is 10.0. The highest BCUT2D eigenvalue weighted by Crippen LogP contribution is 2.24. The molecule has 1 aliphatic rings. The van der Waals surface area contributed by atoms with E-state index < -0.39 is 0 Å². The zero-order valence-corrected chi connectivity index (χ0v) is 8.72. The van der Waals surface area contributed by atoms with Crippen molar-refractivity contribution in [1.82, 2.24) is 4.90 Å². The molecule has 0 aromatic carbocycles. The van der Waals surface area contributed by atoms with E-state index in [1.165, 1.54) is 29.5 Å². The van der Waals surface area contributed by atoms with Crippen LogP contribution in [0.15, 0.2) is 22.9 Å². The predicted molar refractivity (Wildman–Crippen MR) is 57.1 cm³/mol. The molecule has 1 heterocycles. The fourth-order valence-electron chi connectivity index (χ4n) is 1.81. The summed E-state index contributed by atoms with van der Waals surface area (Å²) in [5.74, 6) is 0. The Balaban J connectivity index is 3.08. The summed E-state index contributed by atoms with van der Waals surface area (Å²) in [6.45, 7) is 5.27. The van der Waals surface area contributed by atoms with Crippen molar-refractivity contribution in [3.63, 3.8) is 0 Å². The van der Waals surface area contributed by atoms with Crippen molar-refractivity contribution in [3.8, 4) is 0 Å². The second kappa shape index (κ2) is 4.26. The van der Waals surface area contributed by atoms with E-state index in [1.54, 1.807) is 0 Å². The van der Waals surface area contributed by atoms with Crippen LogP contribution in [0, 0.1) is 5.41 Å². The van der Waals surface area contributed by atoms with Crippen LogP contribution in [0.1, 0.15) is 26.7 Å². The number of likely N-dealkylation sites (N-methyl/N-ethyl adjacent to an activating group) is 1. The molecule has 1 aliphatic heterocycles. The first-order valence-corrected chi connectivity index (χ1v) is 4.78. The van der Waals surface area contributed by atoms with E-state index in [1.807, 2.05) is 6.92 Å². The summed E-state index contributed by atoms with van der Waals surface area (Å²) in [5.41, 5.74) is 3.70. The molecule has 0 unspecified atom stereocenters. The summed E-state index contributed by atoms with van der Waals surface area (Å²) in [6, 6.07) is 0. The highest BCUT2D eigenvalue weighted by Gasteiger charge is 2.16. The van der Waals surface area contributed by atoms with Crippen molar-refractivity contribution in [2.75, 3.05) is 13.6 Å². The third-order valence-corrected chi connectivity index (χ3v) is 2.61. The van der Waals surface area contributed by atoms with Crippen molar-refractivity contribution in [3.05, 3.63) is 22.9 Å². The van der Waals surface area contributed by atoms with Crippen LogP contribution >= 0.6 is 0 Å². The van der Waals surface area contributed by atoms with Crippen molar-refractivity contribution >= 4 is 6.21 Å². The van der Waals surface area contributed by atoms with E-state index in [2.05, 4.69) is 24.9 Å². The lowest BCUT2D eigenvalue weighted by Gasteiger charge is -2.30. The average Bonchev–Trinajstić information content (AvgIpc) is 2.16. The van der Waals surface area contributed by atoms with E-state index in [4.69, 9.17) is 5.41 Å². The molecule has 0 bridgehead atoms. The van der Waals surface area contributed by atoms with Gasteiger partial charge >= 0.3 is 0 Å². The second-order valence-electron chi connectivity index (χ2n) is 3.51. The maximum absolute atomic E-state index is 7.35. The lowest BCUT2D eigenvalue weighted by molar-refractivity contribution is 0.391. The quantitative estimate of drug-likeness (QED) is 0.646.